The molecule has 0 unspecified atom stereocenters. The molecule has 61 heavy (non-hydrogen) atoms. The molecule has 2 aliphatic heterocycles. The monoisotopic (exact) mass is 834 g/mol. The number of carbonyl (C=O) groups excluding carboxylic acids is 4. The molecule has 2 heterocycles. The number of fused-ring (bicyclic) bond motifs is 4. The maximum Gasteiger partial charge on any atom is 0.246 e. The summed E-state index contributed by atoms with van der Waals surface area (Å²) in [6.07, 6.45) is 6.28. The third kappa shape index (κ3) is 6.52. The number of carbonyl (C=O) groups is 4. The van der Waals surface area contributed by atoms with E-state index < -0.39 is 46.8 Å². The Labute approximate surface area is 358 Å². The molecule has 1 N–H and O–H groups in total. The molecule has 9 rings (SSSR count). The highest BCUT2D eigenvalue weighted by atomic mass is 35.5. The summed E-state index contributed by atoms with van der Waals surface area (Å²) in [6, 6.07) is 36.2. The van der Waals surface area contributed by atoms with Crippen LogP contribution in [-0.4, -0.2) is 56.2 Å². The number of nitrogens with zero attached hydrogens (tertiary/aromatic N) is 2. The molecule has 2 aliphatic carbocycles. The van der Waals surface area contributed by atoms with Crippen molar-refractivity contribution in [3.05, 3.63) is 160 Å². The third-order valence-electron chi connectivity index (χ3n) is 12.8. The van der Waals surface area contributed by atoms with Crippen molar-refractivity contribution in [3.63, 3.8) is 0 Å². The number of benzene rings is 5. The SMILES string of the molecule is COc1ccc(OC)c(C=Cc2ccc(N3C(=O)[C@H]4[C@H](CC=C5[C@H]4C[C@H]4C(=O)N(c6cccc(Cl)c6)C(=O)[C@@]4(c4ccccc4)[C@H]5c4ccccc4OCCO)C3=O)cc2)c1. The molecule has 0 spiro atoms. The number of aliphatic hydroxyl groups excluding tert-OH is 1. The van der Waals surface area contributed by atoms with E-state index in [-0.39, 0.29) is 37.9 Å². The summed E-state index contributed by atoms with van der Waals surface area (Å²) in [6.45, 7) is -0.229. The molecule has 308 valence electrons. The Morgan fingerprint density at radius 2 is 1.51 bits per heavy atom. The van der Waals surface area contributed by atoms with E-state index in [0.29, 0.717) is 44.8 Å². The number of methoxy groups -OCH3 is 2. The van der Waals surface area contributed by atoms with Crippen molar-refractivity contribution in [2.75, 3.05) is 37.2 Å². The maximum atomic E-state index is 15.6. The highest BCUT2D eigenvalue weighted by Crippen LogP contribution is 2.65. The number of para-hydroxylation sites is 1. The predicted molar refractivity (Wildman–Crippen MR) is 233 cm³/mol. The second-order valence-electron chi connectivity index (χ2n) is 15.7. The Hall–Kier alpha value is -6.49. The quantitative estimate of drug-likeness (QED) is 0.0802. The molecule has 0 bridgehead atoms. The summed E-state index contributed by atoms with van der Waals surface area (Å²) in [5, 5.41) is 10.2. The van der Waals surface area contributed by atoms with E-state index in [1.807, 2.05) is 97.1 Å². The Bertz CT molecular complexity index is 2610. The summed E-state index contributed by atoms with van der Waals surface area (Å²) in [5.41, 5.74) is 3.13. The smallest absolute Gasteiger partial charge is 0.246 e. The van der Waals surface area contributed by atoms with Crippen molar-refractivity contribution >= 4 is 58.8 Å². The summed E-state index contributed by atoms with van der Waals surface area (Å²) in [5.74, 6) is -3.32. The number of hydrogen-bond acceptors (Lipinski definition) is 8. The zero-order valence-electron chi connectivity index (χ0n) is 33.6. The minimum atomic E-state index is -1.46. The van der Waals surface area contributed by atoms with Gasteiger partial charge in [0.1, 0.15) is 23.9 Å². The number of aliphatic hydroxyl groups is 1. The molecular formula is C50H43ClN2O8. The predicted octanol–water partition coefficient (Wildman–Crippen LogP) is 8.27. The van der Waals surface area contributed by atoms with Crippen LogP contribution in [0.4, 0.5) is 11.4 Å². The Kier molecular flexibility index (Phi) is 10.6. The van der Waals surface area contributed by atoms with Crippen LogP contribution in [-0.2, 0) is 24.6 Å². The molecule has 0 aromatic heterocycles. The van der Waals surface area contributed by atoms with Crippen molar-refractivity contribution in [1.82, 2.24) is 0 Å². The minimum Gasteiger partial charge on any atom is -0.497 e. The fourth-order valence-corrected chi connectivity index (χ4v) is 10.4. The van der Waals surface area contributed by atoms with Gasteiger partial charge in [-0.3, -0.25) is 24.1 Å². The van der Waals surface area contributed by atoms with Crippen LogP contribution in [0.25, 0.3) is 12.2 Å². The van der Waals surface area contributed by atoms with Crippen molar-refractivity contribution in [3.8, 4) is 17.2 Å². The average molecular weight is 835 g/mol. The largest absolute Gasteiger partial charge is 0.497 e. The van der Waals surface area contributed by atoms with Crippen LogP contribution in [0.2, 0.25) is 5.02 Å². The Balaban J connectivity index is 1.13. The third-order valence-corrected chi connectivity index (χ3v) is 13.0. The highest BCUT2D eigenvalue weighted by molar-refractivity contribution is 6.32. The van der Waals surface area contributed by atoms with Crippen LogP contribution in [0.5, 0.6) is 17.2 Å². The van der Waals surface area contributed by atoms with E-state index in [4.69, 9.17) is 25.8 Å². The molecule has 1 saturated carbocycles. The molecule has 4 aliphatic rings. The first kappa shape index (κ1) is 39.9. The van der Waals surface area contributed by atoms with E-state index in [0.717, 1.165) is 16.7 Å². The van der Waals surface area contributed by atoms with Gasteiger partial charge in [-0.2, -0.15) is 0 Å². The standard InChI is InChI=1S/C50H43ClN2O8/c1-59-36-21-24-42(60-2)31(27-36)18-15-30-16-19-34(20-17-30)52-46(55)39-23-22-37-40(44(39)48(52)57)29-41-47(56)53(35-12-8-11-33(51)28-35)49(58)50(41,32-9-4-3-5-10-32)45(37)38-13-6-7-14-43(38)61-26-25-54/h3-22,24,27-28,39-41,44-45,54H,23,25-26,29H2,1-2H3/t39-,40+,41-,44-,45+,50+/m0/s1. The normalized spacial score (nSPS) is 24.4. The van der Waals surface area contributed by atoms with Crippen LogP contribution in [0.3, 0.4) is 0 Å². The van der Waals surface area contributed by atoms with E-state index in [1.165, 1.54) is 9.80 Å². The summed E-state index contributed by atoms with van der Waals surface area (Å²) < 4.78 is 17.1. The lowest BCUT2D eigenvalue weighted by molar-refractivity contribution is -0.127. The Morgan fingerprint density at radius 3 is 2.25 bits per heavy atom. The van der Waals surface area contributed by atoms with Gasteiger partial charge in [-0.1, -0.05) is 102 Å². The molecule has 11 heteroatoms. The fraction of sp³-hybridized carbons (Fsp3) is 0.240. The van der Waals surface area contributed by atoms with Gasteiger partial charge in [0.2, 0.25) is 23.6 Å². The number of imide groups is 2. The molecule has 10 nitrogen and oxygen atoms in total. The first-order valence-corrected chi connectivity index (χ1v) is 20.7. The zero-order chi connectivity index (χ0) is 42.4. The van der Waals surface area contributed by atoms with Gasteiger partial charge >= 0.3 is 0 Å². The molecule has 3 fully saturated rings. The number of allylic oxidation sites excluding steroid dienone is 2. The van der Waals surface area contributed by atoms with Gasteiger partial charge in [-0.15, -0.1) is 0 Å². The fourth-order valence-electron chi connectivity index (χ4n) is 10.2. The average Bonchev–Trinajstić information content (AvgIpc) is 3.68. The number of amides is 4. The second kappa shape index (κ2) is 16.2. The second-order valence-corrected chi connectivity index (χ2v) is 16.2. The summed E-state index contributed by atoms with van der Waals surface area (Å²) >= 11 is 6.46. The highest BCUT2D eigenvalue weighted by Gasteiger charge is 2.70. The van der Waals surface area contributed by atoms with Gasteiger partial charge in [0.15, 0.2) is 0 Å². The van der Waals surface area contributed by atoms with Crippen molar-refractivity contribution in [1.29, 1.82) is 0 Å². The van der Waals surface area contributed by atoms with E-state index in [2.05, 4.69) is 0 Å². The minimum absolute atomic E-state index is 0.00587. The lowest BCUT2D eigenvalue weighted by Crippen LogP contribution is -2.53. The number of anilines is 2. The van der Waals surface area contributed by atoms with E-state index >= 15 is 9.59 Å². The van der Waals surface area contributed by atoms with Crippen molar-refractivity contribution < 1.29 is 38.5 Å². The van der Waals surface area contributed by atoms with Crippen LogP contribution < -0.4 is 24.0 Å². The molecule has 4 amide bonds. The van der Waals surface area contributed by atoms with Gasteiger partial charge in [0.05, 0.1) is 55.4 Å². The Morgan fingerprint density at radius 1 is 0.738 bits per heavy atom. The van der Waals surface area contributed by atoms with Crippen molar-refractivity contribution in [2.45, 2.75) is 24.2 Å². The van der Waals surface area contributed by atoms with Crippen LogP contribution in [0.1, 0.15) is 41.0 Å². The van der Waals surface area contributed by atoms with E-state index in [9.17, 15) is 14.7 Å². The molecule has 5 aromatic carbocycles. The number of halogens is 1. The number of hydrogen-bond donors (Lipinski definition) is 1. The topological polar surface area (TPSA) is 123 Å². The zero-order valence-corrected chi connectivity index (χ0v) is 34.3. The lowest BCUT2D eigenvalue weighted by atomic mass is 9.49. The van der Waals surface area contributed by atoms with Crippen LogP contribution in [0, 0.1) is 23.7 Å². The summed E-state index contributed by atoms with van der Waals surface area (Å²) in [4.78, 5) is 62.5. The van der Waals surface area contributed by atoms with Crippen LogP contribution in [0.15, 0.2) is 133 Å². The maximum absolute atomic E-state index is 15.6. The van der Waals surface area contributed by atoms with E-state index in [1.54, 1.807) is 56.7 Å². The first-order valence-electron chi connectivity index (χ1n) is 20.3. The molecule has 5 aromatic rings. The first-order chi connectivity index (χ1) is 29.7. The summed E-state index contributed by atoms with van der Waals surface area (Å²) in [7, 11) is 3.21. The number of rotatable bonds is 11. The van der Waals surface area contributed by atoms with Crippen molar-refractivity contribution in [2.24, 2.45) is 23.7 Å². The lowest BCUT2D eigenvalue weighted by Gasteiger charge is -2.51. The van der Waals surface area contributed by atoms with Crippen LogP contribution >= 0.6 is 11.6 Å². The van der Waals surface area contributed by atoms with Gasteiger partial charge in [-0.25, -0.2) is 4.90 Å². The molecule has 0 radical (unpaired) electrons. The molecular weight excluding hydrogens is 792 g/mol. The van der Waals surface area contributed by atoms with Gasteiger partial charge in [0.25, 0.3) is 0 Å². The molecule has 6 atom stereocenters. The molecule has 2 saturated heterocycles. The van der Waals surface area contributed by atoms with Gasteiger partial charge < -0.3 is 19.3 Å². The number of ether oxygens (including phenoxy) is 3. The van der Waals surface area contributed by atoms with Gasteiger partial charge in [-0.05, 0) is 84.5 Å². The van der Waals surface area contributed by atoms with Gasteiger partial charge in [0, 0.05) is 22.1 Å².